The summed E-state index contributed by atoms with van der Waals surface area (Å²) in [6, 6.07) is 14.0. The van der Waals surface area contributed by atoms with Gasteiger partial charge in [-0.3, -0.25) is 4.79 Å². The minimum Gasteiger partial charge on any atom is -0.471 e. The summed E-state index contributed by atoms with van der Waals surface area (Å²) >= 11 is 0. The molecular formula is C25H24F6N4O4S. The number of carbonyl (C=O) groups excluding carboxylic acids is 1. The Labute approximate surface area is 225 Å². The molecule has 8 nitrogen and oxygen atoms in total. The van der Waals surface area contributed by atoms with E-state index in [2.05, 4.69) is 19.6 Å². The molecule has 40 heavy (non-hydrogen) atoms. The number of rotatable bonds is 9. The molecule has 1 heterocycles. The number of carbonyl (C=O) groups is 1. The molecule has 1 N–H and O–H groups in total. The average Bonchev–Trinajstić information content (AvgIpc) is 2.87. The Morgan fingerprint density at radius 3 is 2.20 bits per heavy atom. The quantitative estimate of drug-likeness (QED) is 0.298. The second-order valence-corrected chi connectivity index (χ2v) is 10.8. The lowest BCUT2D eigenvalue weighted by atomic mass is 10.2. The topological polar surface area (TPSA) is 103 Å². The first-order chi connectivity index (χ1) is 18.6. The van der Waals surface area contributed by atoms with E-state index >= 15 is 0 Å². The highest BCUT2D eigenvalue weighted by Gasteiger charge is 2.40. The predicted octanol–water partition coefficient (Wildman–Crippen LogP) is 6.16. The molecule has 0 bridgehead atoms. The van der Waals surface area contributed by atoms with Crippen molar-refractivity contribution in [3.05, 3.63) is 71.9 Å². The van der Waals surface area contributed by atoms with Gasteiger partial charge in [0, 0.05) is 23.0 Å². The highest BCUT2D eigenvalue weighted by molar-refractivity contribution is 7.93. The second-order valence-electron chi connectivity index (χ2n) is 8.58. The fraction of sp³-hybridized carbons (Fsp3) is 0.320. The Morgan fingerprint density at radius 1 is 1.00 bits per heavy atom. The van der Waals surface area contributed by atoms with Gasteiger partial charge in [0.1, 0.15) is 11.7 Å². The number of nitrogens with zero attached hydrogens (tertiary/aromatic N) is 3. The summed E-state index contributed by atoms with van der Waals surface area (Å²) in [5.74, 6) is -3.51. The van der Waals surface area contributed by atoms with E-state index in [-0.39, 0.29) is 23.1 Å². The number of ether oxygens (including phenoxy) is 2. The molecule has 0 aliphatic rings. The van der Waals surface area contributed by atoms with Crippen molar-refractivity contribution >= 4 is 27.3 Å². The Bertz CT molecular complexity index is 1440. The molecule has 0 fully saturated rings. The Balaban J connectivity index is 1.77. The minimum absolute atomic E-state index is 0.175. The summed E-state index contributed by atoms with van der Waals surface area (Å²) < 4.78 is 105. The first-order valence-electron chi connectivity index (χ1n) is 11.5. The van der Waals surface area contributed by atoms with Gasteiger partial charge in [-0.2, -0.15) is 31.3 Å². The van der Waals surface area contributed by atoms with Crippen LogP contribution < -0.4 is 10.1 Å². The number of hydrogen-bond donors (Lipinski definition) is 1. The number of alkyl halides is 6. The lowest BCUT2D eigenvalue weighted by Crippen LogP contribution is -2.30. The number of benzene rings is 2. The van der Waals surface area contributed by atoms with E-state index in [1.54, 1.807) is 6.92 Å². The van der Waals surface area contributed by atoms with E-state index < -0.39 is 51.6 Å². The Kier molecular flexibility index (Phi) is 9.40. The van der Waals surface area contributed by atoms with E-state index in [0.717, 1.165) is 24.0 Å². The van der Waals surface area contributed by atoms with Crippen molar-refractivity contribution < 1.29 is 44.8 Å². The van der Waals surface area contributed by atoms with Crippen molar-refractivity contribution in [2.24, 2.45) is 4.36 Å². The van der Waals surface area contributed by atoms with Gasteiger partial charge >= 0.3 is 18.3 Å². The molecular weight excluding hydrogens is 566 g/mol. The van der Waals surface area contributed by atoms with Crippen LogP contribution in [0.25, 0.3) is 0 Å². The van der Waals surface area contributed by atoms with Gasteiger partial charge in [-0.25, -0.2) is 9.19 Å². The van der Waals surface area contributed by atoms with Crippen LogP contribution in [-0.2, 0) is 32.0 Å². The van der Waals surface area contributed by atoms with Crippen molar-refractivity contribution in [2.45, 2.75) is 49.9 Å². The monoisotopic (exact) mass is 590 g/mol. The first-order valence-corrected chi connectivity index (χ1v) is 13.5. The molecule has 1 aromatic heterocycles. The van der Waals surface area contributed by atoms with Gasteiger partial charge in [0.15, 0.2) is 0 Å². The zero-order valence-electron chi connectivity index (χ0n) is 21.3. The molecule has 2 aromatic carbocycles. The summed E-state index contributed by atoms with van der Waals surface area (Å²) in [6.07, 6.45) is -10.1. The highest BCUT2D eigenvalue weighted by Crippen LogP contribution is 2.36. The number of nitrogens with one attached hydrogen (secondary N) is 1. The van der Waals surface area contributed by atoms with Crippen molar-refractivity contribution in [2.75, 3.05) is 11.6 Å². The summed E-state index contributed by atoms with van der Waals surface area (Å²) in [5.41, 5.74) is -0.145. The minimum atomic E-state index is -5.27. The molecule has 15 heteroatoms. The zero-order valence-corrected chi connectivity index (χ0v) is 22.1. The molecule has 0 aliphatic heterocycles. The number of aromatic nitrogens is 2. The summed E-state index contributed by atoms with van der Waals surface area (Å²) in [6.45, 7) is 3.39. The van der Waals surface area contributed by atoms with Gasteiger partial charge in [0.25, 0.3) is 0 Å². The molecule has 0 spiro atoms. The zero-order chi connectivity index (χ0) is 29.7. The maximum atomic E-state index is 13.6. The fourth-order valence-corrected chi connectivity index (χ4v) is 4.27. The first kappa shape index (κ1) is 30.8. The van der Waals surface area contributed by atoms with Crippen LogP contribution in [0.15, 0.2) is 70.1 Å². The van der Waals surface area contributed by atoms with Crippen LogP contribution in [0, 0.1) is 0 Å². The van der Waals surface area contributed by atoms with Crippen LogP contribution >= 0.6 is 0 Å². The molecule has 216 valence electrons. The standard InChI is InChI=1S/C25H24F6N4O4S/c1-15(38-14-17-7-5-4-6-8-17)16(2)39-21-20(24(26,27)28)13-32-23(34-21)33-18-9-11-19(12-10-18)40(3,37)35-22(36)25(29,30)31/h4-13,15-16H,14H2,1-3H3,(H,32,33,34)/t15-,16?,40?/m1/s1. The van der Waals surface area contributed by atoms with E-state index in [4.69, 9.17) is 9.47 Å². The number of halogens is 6. The molecule has 0 saturated carbocycles. The van der Waals surface area contributed by atoms with Crippen molar-refractivity contribution in [1.29, 1.82) is 0 Å². The average molecular weight is 591 g/mol. The lowest BCUT2D eigenvalue weighted by Gasteiger charge is -2.23. The van der Waals surface area contributed by atoms with E-state index in [1.807, 2.05) is 30.3 Å². The summed E-state index contributed by atoms with van der Waals surface area (Å²) in [4.78, 5) is 18.5. The third kappa shape index (κ3) is 8.39. The normalized spacial score (nSPS) is 15.0. The van der Waals surface area contributed by atoms with Crippen LogP contribution in [0.5, 0.6) is 5.88 Å². The van der Waals surface area contributed by atoms with E-state index in [1.165, 1.54) is 19.1 Å². The number of hydrogen-bond acceptors (Lipinski definition) is 7. The van der Waals surface area contributed by atoms with Gasteiger partial charge in [0.2, 0.25) is 11.8 Å². The van der Waals surface area contributed by atoms with Crippen LogP contribution in [0.3, 0.4) is 0 Å². The van der Waals surface area contributed by atoms with Crippen molar-refractivity contribution in [3.63, 3.8) is 0 Å². The predicted molar refractivity (Wildman–Crippen MR) is 133 cm³/mol. The SMILES string of the molecule is CC(Oc1nc(Nc2ccc(S(C)(=O)=NC(=O)C(F)(F)F)cc2)ncc1C(F)(F)F)[C@@H](C)OCc1ccccc1. The third-order valence-corrected chi connectivity index (χ3v) is 7.08. The smallest absolute Gasteiger partial charge is 0.471 e. The maximum absolute atomic E-state index is 13.6. The second kappa shape index (κ2) is 12.2. The Morgan fingerprint density at radius 2 is 1.62 bits per heavy atom. The fourth-order valence-electron chi connectivity index (χ4n) is 3.10. The molecule has 0 radical (unpaired) electrons. The van der Waals surface area contributed by atoms with Gasteiger partial charge in [-0.05, 0) is 43.7 Å². The van der Waals surface area contributed by atoms with Crippen molar-refractivity contribution in [1.82, 2.24) is 9.97 Å². The van der Waals surface area contributed by atoms with Crippen LogP contribution in [0.4, 0.5) is 38.0 Å². The van der Waals surface area contributed by atoms with Crippen LogP contribution in [0.2, 0.25) is 0 Å². The molecule has 3 aromatic rings. The van der Waals surface area contributed by atoms with Gasteiger partial charge in [0.05, 0.1) is 22.4 Å². The summed E-state index contributed by atoms with van der Waals surface area (Å²) in [5, 5.41) is 2.64. The van der Waals surface area contributed by atoms with Gasteiger partial charge < -0.3 is 14.8 Å². The van der Waals surface area contributed by atoms with Crippen molar-refractivity contribution in [3.8, 4) is 5.88 Å². The molecule has 1 amide bonds. The number of anilines is 2. The summed E-state index contributed by atoms with van der Waals surface area (Å²) in [7, 11) is -3.72. The molecule has 3 atom stereocenters. The number of amides is 1. The molecule has 2 unspecified atom stereocenters. The highest BCUT2D eigenvalue weighted by atomic mass is 32.2. The van der Waals surface area contributed by atoms with E-state index in [0.29, 0.717) is 6.20 Å². The van der Waals surface area contributed by atoms with Crippen LogP contribution in [0.1, 0.15) is 25.0 Å². The molecule has 3 rings (SSSR count). The van der Waals surface area contributed by atoms with Crippen LogP contribution in [-0.4, -0.2) is 44.7 Å². The Hall–Kier alpha value is -3.72. The van der Waals surface area contributed by atoms with Gasteiger partial charge in [-0.15, -0.1) is 4.36 Å². The van der Waals surface area contributed by atoms with E-state index in [9.17, 15) is 35.3 Å². The maximum Gasteiger partial charge on any atom is 0.474 e. The van der Waals surface area contributed by atoms with Gasteiger partial charge in [-0.1, -0.05) is 30.3 Å². The molecule has 0 saturated heterocycles. The third-order valence-electron chi connectivity index (χ3n) is 5.42. The lowest BCUT2D eigenvalue weighted by molar-refractivity contribution is -0.169. The largest absolute Gasteiger partial charge is 0.474 e. The molecule has 0 aliphatic carbocycles.